The van der Waals surface area contributed by atoms with Crippen molar-refractivity contribution in [2.24, 2.45) is 5.92 Å². The number of rotatable bonds is 4. The molecule has 0 bridgehead atoms. The van der Waals surface area contributed by atoms with Gasteiger partial charge in [-0.3, -0.25) is 4.79 Å². The predicted octanol–water partition coefficient (Wildman–Crippen LogP) is 3.48. The molecule has 0 aliphatic carbocycles. The summed E-state index contributed by atoms with van der Waals surface area (Å²) in [4.78, 5) is 24.0. The van der Waals surface area contributed by atoms with Gasteiger partial charge in [-0.2, -0.15) is 0 Å². The van der Waals surface area contributed by atoms with Gasteiger partial charge in [0.25, 0.3) is 5.56 Å². The topological polar surface area (TPSA) is 85.6 Å². The van der Waals surface area contributed by atoms with E-state index in [-0.39, 0.29) is 5.56 Å². The van der Waals surface area contributed by atoms with Crippen molar-refractivity contribution in [2.45, 2.75) is 12.8 Å². The van der Waals surface area contributed by atoms with Crippen molar-refractivity contribution in [2.75, 3.05) is 25.0 Å². The second kappa shape index (κ2) is 7.13. The molecule has 0 saturated carbocycles. The second-order valence-corrected chi connectivity index (χ2v) is 7.43. The van der Waals surface area contributed by atoms with Gasteiger partial charge in [-0.15, -0.1) is 0 Å². The van der Waals surface area contributed by atoms with Crippen molar-refractivity contribution in [1.82, 2.24) is 20.3 Å². The SMILES string of the molecule is O=c1[nH]c2ccccc2c(NCC2CCNCC2)c1-c1nc2ccccc2[nH]1. The van der Waals surface area contributed by atoms with Gasteiger partial charge in [0.15, 0.2) is 0 Å². The average Bonchev–Trinajstić information content (AvgIpc) is 3.16. The molecule has 2 aromatic heterocycles. The average molecular weight is 373 g/mol. The fraction of sp³-hybridized carbons (Fsp3) is 0.273. The summed E-state index contributed by atoms with van der Waals surface area (Å²) in [6, 6.07) is 15.8. The van der Waals surface area contributed by atoms with Crippen LogP contribution in [0.5, 0.6) is 0 Å². The molecule has 1 fully saturated rings. The van der Waals surface area contributed by atoms with Crippen molar-refractivity contribution in [3.05, 3.63) is 58.9 Å². The zero-order chi connectivity index (χ0) is 18.9. The number of nitrogens with zero attached hydrogens (tertiary/aromatic N) is 1. The number of fused-ring (bicyclic) bond motifs is 2. The molecule has 2 aromatic carbocycles. The first-order valence-electron chi connectivity index (χ1n) is 9.84. The minimum atomic E-state index is -0.134. The van der Waals surface area contributed by atoms with Gasteiger partial charge in [0.1, 0.15) is 11.4 Å². The van der Waals surface area contributed by atoms with E-state index in [0.29, 0.717) is 17.3 Å². The maximum atomic E-state index is 13.0. The molecule has 0 unspecified atom stereocenters. The van der Waals surface area contributed by atoms with E-state index < -0.39 is 0 Å². The van der Waals surface area contributed by atoms with Crippen molar-refractivity contribution in [1.29, 1.82) is 0 Å². The van der Waals surface area contributed by atoms with Crippen LogP contribution in [0.4, 0.5) is 5.69 Å². The molecular formula is C22H23N5O. The Morgan fingerprint density at radius 3 is 2.54 bits per heavy atom. The van der Waals surface area contributed by atoms with Crippen LogP contribution in [0, 0.1) is 5.92 Å². The summed E-state index contributed by atoms with van der Waals surface area (Å²) in [5.74, 6) is 1.20. The van der Waals surface area contributed by atoms with Gasteiger partial charge in [0, 0.05) is 11.9 Å². The molecule has 1 aliphatic heterocycles. The number of pyridine rings is 1. The number of hydrogen-bond donors (Lipinski definition) is 4. The van der Waals surface area contributed by atoms with Gasteiger partial charge in [0.2, 0.25) is 0 Å². The standard InChI is InChI=1S/C22H23N5O/c28-22-19(21-25-17-7-3-4-8-18(17)26-21)20(15-5-1-2-6-16(15)27-22)24-13-14-9-11-23-12-10-14/h1-8,14,23H,9-13H2,(H,25,26)(H2,24,27,28). The van der Waals surface area contributed by atoms with Crippen LogP contribution in [-0.4, -0.2) is 34.6 Å². The Morgan fingerprint density at radius 1 is 0.964 bits per heavy atom. The fourth-order valence-corrected chi connectivity index (χ4v) is 4.06. The van der Waals surface area contributed by atoms with Gasteiger partial charge in [-0.05, 0) is 50.0 Å². The van der Waals surface area contributed by atoms with Crippen LogP contribution in [0.3, 0.4) is 0 Å². The Labute approximate surface area is 162 Å². The third-order valence-corrected chi connectivity index (χ3v) is 5.57. The number of benzene rings is 2. The maximum Gasteiger partial charge on any atom is 0.261 e. The third kappa shape index (κ3) is 3.05. The first-order valence-corrected chi connectivity index (χ1v) is 9.84. The maximum absolute atomic E-state index is 13.0. The number of anilines is 1. The summed E-state index contributed by atoms with van der Waals surface area (Å²) >= 11 is 0. The minimum absolute atomic E-state index is 0.134. The van der Waals surface area contributed by atoms with E-state index in [2.05, 4.69) is 25.6 Å². The highest BCUT2D eigenvalue weighted by Gasteiger charge is 2.19. The minimum Gasteiger partial charge on any atom is -0.383 e. The van der Waals surface area contributed by atoms with Crippen LogP contribution in [0.1, 0.15) is 12.8 Å². The zero-order valence-corrected chi connectivity index (χ0v) is 15.6. The molecule has 0 amide bonds. The number of para-hydroxylation sites is 3. The van der Waals surface area contributed by atoms with Gasteiger partial charge in [-0.25, -0.2) is 4.98 Å². The number of hydrogen-bond acceptors (Lipinski definition) is 4. The number of aromatic nitrogens is 3. The zero-order valence-electron chi connectivity index (χ0n) is 15.6. The number of H-pyrrole nitrogens is 2. The Bertz CT molecular complexity index is 1150. The lowest BCUT2D eigenvalue weighted by Crippen LogP contribution is -2.31. The summed E-state index contributed by atoms with van der Waals surface area (Å²) in [7, 11) is 0. The van der Waals surface area contributed by atoms with Gasteiger partial charge < -0.3 is 20.6 Å². The molecule has 0 radical (unpaired) electrons. The molecule has 5 rings (SSSR count). The summed E-state index contributed by atoms with van der Waals surface area (Å²) in [6.45, 7) is 2.96. The molecule has 0 spiro atoms. The summed E-state index contributed by atoms with van der Waals surface area (Å²) in [5.41, 5.74) is 3.91. The molecule has 142 valence electrons. The molecule has 1 aliphatic rings. The summed E-state index contributed by atoms with van der Waals surface area (Å²) in [6.07, 6.45) is 2.29. The second-order valence-electron chi connectivity index (χ2n) is 7.43. The highest BCUT2D eigenvalue weighted by atomic mass is 16.1. The van der Waals surface area contributed by atoms with E-state index in [0.717, 1.165) is 60.1 Å². The van der Waals surface area contributed by atoms with Crippen molar-refractivity contribution in [3.63, 3.8) is 0 Å². The van der Waals surface area contributed by atoms with Crippen LogP contribution < -0.4 is 16.2 Å². The monoisotopic (exact) mass is 373 g/mol. The van der Waals surface area contributed by atoms with Gasteiger partial charge in [-0.1, -0.05) is 30.3 Å². The highest BCUT2D eigenvalue weighted by Crippen LogP contribution is 2.31. The van der Waals surface area contributed by atoms with Crippen LogP contribution in [0.25, 0.3) is 33.3 Å². The molecule has 6 nitrogen and oxygen atoms in total. The largest absolute Gasteiger partial charge is 0.383 e. The van der Waals surface area contributed by atoms with E-state index in [9.17, 15) is 4.79 Å². The molecule has 4 aromatic rings. The lowest BCUT2D eigenvalue weighted by atomic mass is 9.97. The molecule has 3 heterocycles. The predicted molar refractivity (Wildman–Crippen MR) is 114 cm³/mol. The van der Waals surface area contributed by atoms with Gasteiger partial charge >= 0.3 is 0 Å². The number of piperidine rings is 1. The van der Waals surface area contributed by atoms with Crippen LogP contribution in [0.15, 0.2) is 53.3 Å². The Morgan fingerprint density at radius 2 is 1.71 bits per heavy atom. The first kappa shape index (κ1) is 17.0. The van der Waals surface area contributed by atoms with E-state index in [4.69, 9.17) is 0 Å². The lowest BCUT2D eigenvalue weighted by molar-refractivity contribution is 0.390. The Kier molecular flexibility index (Phi) is 4.33. The Hall–Kier alpha value is -3.12. The third-order valence-electron chi connectivity index (χ3n) is 5.57. The van der Waals surface area contributed by atoms with E-state index in [1.807, 2.05) is 48.5 Å². The molecule has 6 heteroatoms. The van der Waals surface area contributed by atoms with Crippen molar-refractivity contribution < 1.29 is 0 Å². The van der Waals surface area contributed by atoms with Crippen LogP contribution in [-0.2, 0) is 0 Å². The van der Waals surface area contributed by atoms with Crippen molar-refractivity contribution >= 4 is 27.6 Å². The number of aromatic amines is 2. The summed E-state index contributed by atoms with van der Waals surface area (Å²) < 4.78 is 0. The van der Waals surface area contributed by atoms with E-state index in [1.54, 1.807) is 0 Å². The Balaban J connectivity index is 1.64. The van der Waals surface area contributed by atoms with E-state index >= 15 is 0 Å². The highest BCUT2D eigenvalue weighted by molar-refractivity contribution is 5.99. The molecular weight excluding hydrogens is 350 g/mol. The molecule has 28 heavy (non-hydrogen) atoms. The van der Waals surface area contributed by atoms with Crippen molar-refractivity contribution in [3.8, 4) is 11.4 Å². The molecule has 4 N–H and O–H groups in total. The van der Waals surface area contributed by atoms with Crippen LogP contribution in [0.2, 0.25) is 0 Å². The smallest absolute Gasteiger partial charge is 0.261 e. The van der Waals surface area contributed by atoms with Crippen LogP contribution >= 0.6 is 0 Å². The quantitative estimate of drug-likeness (QED) is 0.441. The lowest BCUT2D eigenvalue weighted by Gasteiger charge is -2.24. The molecule has 0 atom stereocenters. The number of imidazole rings is 1. The molecule has 1 saturated heterocycles. The number of nitrogens with one attached hydrogen (secondary N) is 4. The normalized spacial score (nSPS) is 15.3. The summed E-state index contributed by atoms with van der Waals surface area (Å²) in [5, 5.41) is 8.01. The van der Waals surface area contributed by atoms with E-state index in [1.165, 1.54) is 0 Å². The first-order chi connectivity index (χ1) is 13.8. The van der Waals surface area contributed by atoms with Gasteiger partial charge in [0.05, 0.1) is 22.2 Å². The fourth-order valence-electron chi connectivity index (χ4n) is 4.06.